The maximum atomic E-state index is 9.77. The number of benzene rings is 1. The quantitative estimate of drug-likeness (QED) is 0.819. The van der Waals surface area contributed by atoms with E-state index in [0.717, 1.165) is 5.69 Å². The van der Waals surface area contributed by atoms with Crippen molar-refractivity contribution in [3.8, 4) is 0 Å². The van der Waals surface area contributed by atoms with E-state index in [1.807, 2.05) is 20.9 Å². The van der Waals surface area contributed by atoms with Gasteiger partial charge in [0.1, 0.15) is 0 Å². The van der Waals surface area contributed by atoms with Gasteiger partial charge in [-0.3, -0.25) is 0 Å². The molecule has 0 aliphatic carbocycles. The molecule has 0 bridgehead atoms. The lowest BCUT2D eigenvalue weighted by molar-refractivity contribution is 0.132. The summed E-state index contributed by atoms with van der Waals surface area (Å²) < 4.78 is 0. The van der Waals surface area contributed by atoms with Crippen molar-refractivity contribution in [2.24, 2.45) is 5.92 Å². The van der Waals surface area contributed by atoms with Crippen molar-refractivity contribution in [1.29, 1.82) is 0 Å². The third kappa shape index (κ3) is 3.56. The van der Waals surface area contributed by atoms with E-state index in [4.69, 9.17) is 0 Å². The van der Waals surface area contributed by atoms with E-state index in [0.29, 0.717) is 12.5 Å². The molecule has 0 saturated carbocycles. The molecular weight excluding hydrogens is 186 g/mol. The second-order valence-corrected chi connectivity index (χ2v) is 4.53. The molecule has 1 aromatic carbocycles. The van der Waals surface area contributed by atoms with Gasteiger partial charge in [-0.1, -0.05) is 31.5 Å². The minimum Gasteiger partial charge on any atom is -0.391 e. The minimum atomic E-state index is -0.267. The van der Waals surface area contributed by atoms with Gasteiger partial charge in [-0.2, -0.15) is 0 Å². The number of likely N-dealkylation sites (N-methyl/N-ethyl adjacent to an activating group) is 1. The van der Waals surface area contributed by atoms with E-state index in [9.17, 15) is 5.11 Å². The van der Waals surface area contributed by atoms with Crippen LogP contribution in [-0.4, -0.2) is 24.8 Å². The molecule has 1 unspecified atom stereocenters. The molecular formula is C13H21NO. The van der Waals surface area contributed by atoms with Crippen LogP contribution in [0.1, 0.15) is 19.4 Å². The molecule has 1 rings (SSSR count). The van der Waals surface area contributed by atoms with Crippen molar-refractivity contribution >= 4 is 5.69 Å². The molecule has 0 aliphatic rings. The van der Waals surface area contributed by atoms with Gasteiger partial charge >= 0.3 is 0 Å². The van der Waals surface area contributed by atoms with Gasteiger partial charge in [-0.15, -0.1) is 0 Å². The van der Waals surface area contributed by atoms with Crippen molar-refractivity contribution in [2.45, 2.75) is 26.9 Å². The van der Waals surface area contributed by atoms with Crippen molar-refractivity contribution in [3.63, 3.8) is 0 Å². The average molecular weight is 207 g/mol. The van der Waals surface area contributed by atoms with E-state index in [1.165, 1.54) is 5.56 Å². The van der Waals surface area contributed by atoms with E-state index < -0.39 is 0 Å². The molecule has 0 aliphatic heterocycles. The maximum absolute atomic E-state index is 9.77. The molecule has 1 aromatic rings. The summed E-state index contributed by atoms with van der Waals surface area (Å²) >= 11 is 0. The minimum absolute atomic E-state index is 0.267. The monoisotopic (exact) mass is 207 g/mol. The molecule has 0 spiro atoms. The van der Waals surface area contributed by atoms with Gasteiger partial charge in [0.2, 0.25) is 0 Å². The Hall–Kier alpha value is -1.02. The lowest BCUT2D eigenvalue weighted by Crippen LogP contribution is -2.32. The molecule has 84 valence electrons. The smallest absolute Gasteiger partial charge is 0.0737 e. The van der Waals surface area contributed by atoms with Crippen LogP contribution in [0, 0.1) is 12.8 Å². The third-order valence-electron chi connectivity index (χ3n) is 2.71. The van der Waals surface area contributed by atoms with Gasteiger partial charge in [-0.25, -0.2) is 0 Å². The molecule has 0 aromatic heterocycles. The Labute approximate surface area is 92.5 Å². The molecule has 15 heavy (non-hydrogen) atoms. The standard InChI is InChI=1S/C13H21NO/c1-10(2)13(15)9-14(4)12-7-5-11(3)6-8-12/h5-8,10,13,15H,9H2,1-4H3. The van der Waals surface area contributed by atoms with Gasteiger partial charge in [-0.05, 0) is 25.0 Å². The molecule has 1 atom stereocenters. The van der Waals surface area contributed by atoms with Gasteiger partial charge in [0.05, 0.1) is 6.10 Å². The van der Waals surface area contributed by atoms with Crippen molar-refractivity contribution in [3.05, 3.63) is 29.8 Å². The van der Waals surface area contributed by atoms with E-state index in [2.05, 4.69) is 36.1 Å². The Morgan fingerprint density at radius 2 is 1.73 bits per heavy atom. The van der Waals surface area contributed by atoms with Crippen molar-refractivity contribution in [1.82, 2.24) is 0 Å². The topological polar surface area (TPSA) is 23.5 Å². The van der Waals surface area contributed by atoms with Gasteiger partial charge in [0.15, 0.2) is 0 Å². The SMILES string of the molecule is Cc1ccc(N(C)CC(O)C(C)C)cc1. The van der Waals surface area contributed by atoms with Gasteiger partial charge < -0.3 is 10.0 Å². The summed E-state index contributed by atoms with van der Waals surface area (Å²) in [5.74, 6) is 0.304. The molecule has 0 amide bonds. The summed E-state index contributed by atoms with van der Waals surface area (Å²) in [5.41, 5.74) is 2.41. The van der Waals surface area contributed by atoms with Crippen LogP contribution in [0.5, 0.6) is 0 Å². The highest BCUT2D eigenvalue weighted by Crippen LogP contribution is 2.14. The van der Waals surface area contributed by atoms with Crippen LogP contribution in [0.15, 0.2) is 24.3 Å². The number of anilines is 1. The Balaban J connectivity index is 2.61. The number of nitrogens with zero attached hydrogens (tertiary/aromatic N) is 1. The number of aliphatic hydroxyl groups excluding tert-OH is 1. The summed E-state index contributed by atoms with van der Waals surface area (Å²) in [6.45, 7) is 6.83. The highest BCUT2D eigenvalue weighted by Gasteiger charge is 2.12. The van der Waals surface area contributed by atoms with Crippen LogP contribution in [0.25, 0.3) is 0 Å². The van der Waals surface area contributed by atoms with Gasteiger partial charge in [0.25, 0.3) is 0 Å². The Kier molecular flexibility index (Phi) is 4.15. The maximum Gasteiger partial charge on any atom is 0.0737 e. The average Bonchev–Trinajstić information content (AvgIpc) is 2.18. The first-order chi connectivity index (χ1) is 7.00. The summed E-state index contributed by atoms with van der Waals surface area (Å²) in [7, 11) is 2.01. The largest absolute Gasteiger partial charge is 0.391 e. The van der Waals surface area contributed by atoms with Crippen LogP contribution in [0.2, 0.25) is 0 Å². The van der Waals surface area contributed by atoms with E-state index in [1.54, 1.807) is 0 Å². The lowest BCUT2D eigenvalue weighted by atomic mass is 10.1. The molecule has 1 N–H and O–H groups in total. The molecule has 0 heterocycles. The van der Waals surface area contributed by atoms with Crippen LogP contribution < -0.4 is 4.90 Å². The highest BCUT2D eigenvalue weighted by atomic mass is 16.3. The van der Waals surface area contributed by atoms with E-state index >= 15 is 0 Å². The first-order valence-corrected chi connectivity index (χ1v) is 5.46. The predicted molar refractivity (Wildman–Crippen MR) is 65.3 cm³/mol. The molecule has 0 fully saturated rings. The zero-order chi connectivity index (χ0) is 11.4. The fourth-order valence-electron chi connectivity index (χ4n) is 1.40. The molecule has 0 saturated heterocycles. The summed E-state index contributed by atoms with van der Waals surface area (Å²) in [4.78, 5) is 2.09. The van der Waals surface area contributed by atoms with E-state index in [-0.39, 0.29) is 6.10 Å². The van der Waals surface area contributed by atoms with Crippen molar-refractivity contribution in [2.75, 3.05) is 18.5 Å². The fraction of sp³-hybridized carbons (Fsp3) is 0.538. The number of hydrogen-bond donors (Lipinski definition) is 1. The normalized spacial score (nSPS) is 12.9. The highest BCUT2D eigenvalue weighted by molar-refractivity contribution is 5.46. The third-order valence-corrected chi connectivity index (χ3v) is 2.71. The van der Waals surface area contributed by atoms with Gasteiger partial charge in [0, 0.05) is 19.3 Å². The van der Waals surface area contributed by atoms with Crippen molar-refractivity contribution < 1.29 is 5.11 Å². The molecule has 2 nitrogen and oxygen atoms in total. The fourth-order valence-corrected chi connectivity index (χ4v) is 1.40. The zero-order valence-corrected chi connectivity index (χ0v) is 10.1. The zero-order valence-electron chi connectivity index (χ0n) is 10.1. The Morgan fingerprint density at radius 1 is 1.20 bits per heavy atom. The second kappa shape index (κ2) is 5.17. The number of aryl methyl sites for hydroxylation is 1. The predicted octanol–water partition coefficient (Wildman–Crippen LogP) is 2.45. The summed E-state index contributed by atoms with van der Waals surface area (Å²) in [6, 6.07) is 8.35. The van der Waals surface area contributed by atoms with Crippen LogP contribution in [0.4, 0.5) is 5.69 Å². The van der Waals surface area contributed by atoms with Crippen LogP contribution in [-0.2, 0) is 0 Å². The first kappa shape index (κ1) is 12.1. The molecule has 2 heteroatoms. The first-order valence-electron chi connectivity index (χ1n) is 5.46. The Morgan fingerprint density at radius 3 is 2.20 bits per heavy atom. The number of aliphatic hydroxyl groups is 1. The van der Waals surface area contributed by atoms with Crippen LogP contribution in [0.3, 0.4) is 0 Å². The Bertz CT molecular complexity index is 292. The van der Waals surface area contributed by atoms with Crippen LogP contribution >= 0.6 is 0 Å². The summed E-state index contributed by atoms with van der Waals surface area (Å²) in [6.07, 6.45) is -0.267. The number of rotatable bonds is 4. The second-order valence-electron chi connectivity index (χ2n) is 4.53. The molecule has 0 radical (unpaired) electrons. The lowest BCUT2D eigenvalue weighted by Gasteiger charge is -2.24. The number of hydrogen-bond acceptors (Lipinski definition) is 2. The summed E-state index contributed by atoms with van der Waals surface area (Å²) in [5, 5.41) is 9.77.